The van der Waals surface area contributed by atoms with Crippen LogP contribution in [0.25, 0.3) is 0 Å². The Morgan fingerprint density at radius 2 is 2.16 bits per heavy atom. The van der Waals surface area contributed by atoms with Crippen molar-refractivity contribution in [1.82, 2.24) is 10.3 Å². The van der Waals surface area contributed by atoms with Crippen molar-refractivity contribution in [1.29, 1.82) is 0 Å². The lowest BCUT2D eigenvalue weighted by Gasteiger charge is -2.12. The minimum absolute atomic E-state index is 0.290. The lowest BCUT2D eigenvalue weighted by Crippen LogP contribution is -2.05. The molecule has 0 fully saturated rings. The molecule has 1 aromatic carbocycles. The highest BCUT2D eigenvalue weighted by molar-refractivity contribution is 5.40. The maximum atomic E-state index is 5.77. The lowest BCUT2D eigenvalue weighted by molar-refractivity contribution is 0.327. The van der Waals surface area contributed by atoms with Crippen LogP contribution in [0.2, 0.25) is 0 Å². The molecule has 0 unspecified atom stereocenters. The minimum Gasteiger partial charge on any atom is -0.417 e. The van der Waals surface area contributed by atoms with Crippen LogP contribution in [0.5, 0.6) is 11.8 Å². The topological polar surface area (TPSA) is 47.3 Å². The van der Waals surface area contributed by atoms with E-state index < -0.39 is 0 Å². The van der Waals surface area contributed by atoms with Crippen molar-refractivity contribution in [2.75, 3.05) is 7.05 Å². The van der Waals surface area contributed by atoms with Crippen LogP contribution in [0.4, 0.5) is 0 Å². The third-order valence-electron chi connectivity index (χ3n) is 2.88. The van der Waals surface area contributed by atoms with E-state index in [9.17, 15) is 0 Å². The minimum atomic E-state index is 0.290. The Bertz CT molecular complexity index is 547. The normalized spacial score (nSPS) is 11.0. The van der Waals surface area contributed by atoms with Gasteiger partial charge in [0, 0.05) is 6.54 Å². The van der Waals surface area contributed by atoms with Crippen LogP contribution in [0.3, 0.4) is 0 Å². The molecule has 0 atom stereocenters. The average Bonchev–Trinajstić information content (AvgIpc) is 2.77. The molecular formula is C15H20N2O2. The van der Waals surface area contributed by atoms with Crippen LogP contribution in [0.15, 0.2) is 28.9 Å². The molecule has 0 saturated carbocycles. The zero-order valence-corrected chi connectivity index (χ0v) is 11.9. The van der Waals surface area contributed by atoms with Crippen LogP contribution in [-0.2, 0) is 6.54 Å². The Hall–Kier alpha value is -1.81. The van der Waals surface area contributed by atoms with Gasteiger partial charge in [-0.15, -0.1) is 0 Å². The van der Waals surface area contributed by atoms with Crippen LogP contribution in [0, 0.1) is 6.92 Å². The number of rotatable bonds is 5. The molecule has 19 heavy (non-hydrogen) atoms. The summed E-state index contributed by atoms with van der Waals surface area (Å²) in [6.07, 6.45) is 1.90. The van der Waals surface area contributed by atoms with E-state index in [2.05, 4.69) is 36.3 Å². The van der Waals surface area contributed by atoms with Gasteiger partial charge in [0.05, 0.1) is 5.69 Å². The van der Waals surface area contributed by atoms with Gasteiger partial charge in [0.25, 0.3) is 0 Å². The largest absolute Gasteiger partial charge is 0.417 e. The van der Waals surface area contributed by atoms with Crippen LogP contribution >= 0.6 is 0 Å². The third-order valence-corrected chi connectivity index (χ3v) is 2.88. The Morgan fingerprint density at radius 1 is 1.37 bits per heavy atom. The Balaban J connectivity index is 2.23. The highest BCUT2D eigenvalue weighted by atomic mass is 16.6. The van der Waals surface area contributed by atoms with Gasteiger partial charge in [-0.05, 0) is 37.1 Å². The number of aryl methyl sites for hydroxylation is 1. The second-order valence-electron chi connectivity index (χ2n) is 4.93. The maximum Gasteiger partial charge on any atom is 0.399 e. The van der Waals surface area contributed by atoms with Crippen molar-refractivity contribution >= 4 is 0 Å². The molecule has 1 heterocycles. The van der Waals surface area contributed by atoms with E-state index in [0.29, 0.717) is 12.5 Å². The summed E-state index contributed by atoms with van der Waals surface area (Å²) in [5.41, 5.74) is 3.14. The van der Waals surface area contributed by atoms with Crippen molar-refractivity contribution in [3.8, 4) is 11.8 Å². The standard InChI is InChI=1S/C15H20N2O2/c1-10(2)13-6-5-11(3)7-14(13)19-15-17-12(8-16-4)9-18-15/h5-7,9-10,16H,8H2,1-4H3. The Kier molecular flexibility index (Phi) is 4.22. The van der Waals surface area contributed by atoms with Gasteiger partial charge in [0.15, 0.2) is 0 Å². The van der Waals surface area contributed by atoms with E-state index in [0.717, 1.165) is 22.6 Å². The first-order chi connectivity index (χ1) is 9.10. The van der Waals surface area contributed by atoms with E-state index >= 15 is 0 Å². The van der Waals surface area contributed by atoms with Crippen LogP contribution in [-0.4, -0.2) is 12.0 Å². The predicted molar refractivity (Wildman–Crippen MR) is 74.6 cm³/mol. The number of benzene rings is 1. The molecule has 102 valence electrons. The molecular weight excluding hydrogens is 240 g/mol. The zero-order chi connectivity index (χ0) is 13.8. The van der Waals surface area contributed by atoms with Crippen molar-refractivity contribution in [2.45, 2.75) is 33.2 Å². The first-order valence-electron chi connectivity index (χ1n) is 6.47. The van der Waals surface area contributed by atoms with E-state index in [-0.39, 0.29) is 6.08 Å². The molecule has 1 aromatic heterocycles. The molecule has 4 nitrogen and oxygen atoms in total. The second kappa shape index (κ2) is 5.89. The van der Waals surface area contributed by atoms with Gasteiger partial charge < -0.3 is 14.5 Å². The van der Waals surface area contributed by atoms with Crippen molar-refractivity contribution in [2.24, 2.45) is 0 Å². The SMILES string of the molecule is CNCc1coc(Oc2cc(C)ccc2C(C)C)n1. The average molecular weight is 260 g/mol. The summed E-state index contributed by atoms with van der Waals surface area (Å²) < 4.78 is 11.1. The summed E-state index contributed by atoms with van der Waals surface area (Å²) in [6, 6.07) is 6.19. The van der Waals surface area contributed by atoms with Gasteiger partial charge in [0.1, 0.15) is 12.0 Å². The molecule has 0 aliphatic rings. The van der Waals surface area contributed by atoms with Crippen LogP contribution in [0.1, 0.15) is 36.6 Å². The van der Waals surface area contributed by atoms with Crippen molar-refractivity contribution < 1.29 is 9.15 Å². The van der Waals surface area contributed by atoms with Gasteiger partial charge in [-0.1, -0.05) is 26.0 Å². The summed E-state index contributed by atoms with van der Waals surface area (Å²) in [7, 11) is 1.87. The molecule has 2 aromatic rings. The van der Waals surface area contributed by atoms with Gasteiger partial charge in [-0.2, -0.15) is 4.98 Å². The predicted octanol–water partition coefficient (Wildman–Crippen LogP) is 3.62. The molecule has 0 bridgehead atoms. The molecule has 0 amide bonds. The molecule has 0 aliphatic heterocycles. The van der Waals surface area contributed by atoms with Gasteiger partial charge >= 0.3 is 6.08 Å². The van der Waals surface area contributed by atoms with Gasteiger partial charge in [0.2, 0.25) is 0 Å². The van der Waals surface area contributed by atoms with Crippen LogP contribution < -0.4 is 10.1 Å². The van der Waals surface area contributed by atoms with Gasteiger partial charge in [-0.25, -0.2) is 0 Å². The molecule has 0 saturated heterocycles. The monoisotopic (exact) mass is 260 g/mol. The molecule has 0 radical (unpaired) electrons. The number of hydrogen-bond acceptors (Lipinski definition) is 4. The first-order valence-corrected chi connectivity index (χ1v) is 6.47. The maximum absolute atomic E-state index is 5.77. The smallest absolute Gasteiger partial charge is 0.399 e. The summed E-state index contributed by atoms with van der Waals surface area (Å²) >= 11 is 0. The number of nitrogens with zero attached hydrogens (tertiary/aromatic N) is 1. The Labute approximate surface area is 113 Å². The first kappa shape index (κ1) is 13.6. The number of nitrogens with one attached hydrogen (secondary N) is 1. The molecule has 0 aliphatic carbocycles. The van der Waals surface area contributed by atoms with E-state index in [1.807, 2.05) is 20.0 Å². The molecule has 0 spiro atoms. The lowest BCUT2D eigenvalue weighted by atomic mass is 10.0. The number of aromatic nitrogens is 1. The fourth-order valence-electron chi connectivity index (χ4n) is 1.90. The summed E-state index contributed by atoms with van der Waals surface area (Å²) in [4.78, 5) is 4.27. The fraction of sp³-hybridized carbons (Fsp3) is 0.400. The highest BCUT2D eigenvalue weighted by Crippen LogP contribution is 2.31. The molecule has 4 heteroatoms. The Morgan fingerprint density at radius 3 is 2.84 bits per heavy atom. The number of ether oxygens (including phenoxy) is 1. The third kappa shape index (κ3) is 3.35. The quantitative estimate of drug-likeness (QED) is 0.892. The summed E-state index contributed by atoms with van der Waals surface area (Å²) in [5, 5.41) is 3.02. The highest BCUT2D eigenvalue weighted by Gasteiger charge is 2.12. The van der Waals surface area contributed by atoms with Crippen molar-refractivity contribution in [3.05, 3.63) is 41.3 Å². The summed E-state index contributed by atoms with van der Waals surface area (Å²) in [6.45, 7) is 6.98. The molecule has 1 N–H and O–H groups in total. The fourth-order valence-corrected chi connectivity index (χ4v) is 1.90. The molecule has 2 rings (SSSR count). The van der Waals surface area contributed by atoms with E-state index in [1.54, 1.807) is 6.26 Å². The van der Waals surface area contributed by atoms with Gasteiger partial charge in [-0.3, -0.25) is 0 Å². The van der Waals surface area contributed by atoms with Crippen molar-refractivity contribution in [3.63, 3.8) is 0 Å². The zero-order valence-electron chi connectivity index (χ0n) is 11.9. The van der Waals surface area contributed by atoms with E-state index in [4.69, 9.17) is 9.15 Å². The number of hydrogen-bond donors (Lipinski definition) is 1. The second-order valence-corrected chi connectivity index (χ2v) is 4.93. The van der Waals surface area contributed by atoms with E-state index in [1.165, 1.54) is 0 Å². The summed E-state index contributed by atoms with van der Waals surface area (Å²) in [5.74, 6) is 1.20. The number of oxazole rings is 1.